The minimum absolute atomic E-state index is 0.183. The fourth-order valence-corrected chi connectivity index (χ4v) is 1.75. The summed E-state index contributed by atoms with van der Waals surface area (Å²) in [5.41, 5.74) is 0.541. The van der Waals surface area contributed by atoms with E-state index in [2.05, 4.69) is 25.4 Å². The van der Waals surface area contributed by atoms with Crippen LogP contribution in [0.25, 0.3) is 5.78 Å². The molecule has 1 amide bonds. The van der Waals surface area contributed by atoms with Gasteiger partial charge in [-0.25, -0.2) is 9.97 Å². The molecule has 0 unspecified atom stereocenters. The van der Waals surface area contributed by atoms with E-state index in [1.54, 1.807) is 19.9 Å². The van der Waals surface area contributed by atoms with E-state index >= 15 is 0 Å². The molecular weight excluding hydrogens is 248 g/mol. The maximum absolute atomic E-state index is 12.1. The van der Waals surface area contributed by atoms with E-state index in [4.69, 9.17) is 4.42 Å². The molecule has 0 radical (unpaired) electrons. The predicted molar refractivity (Wildman–Crippen MR) is 64.7 cm³/mol. The number of fused-ring (bicyclic) bond motifs is 1. The monoisotopic (exact) mass is 258 g/mol. The van der Waals surface area contributed by atoms with Crippen molar-refractivity contribution in [1.82, 2.24) is 24.6 Å². The SMILES string of the molecule is Cc1nc(C)c(C(=O)Nc2ccnc3ncnn23)o1. The summed E-state index contributed by atoms with van der Waals surface area (Å²) in [6.45, 7) is 3.40. The van der Waals surface area contributed by atoms with Gasteiger partial charge in [0, 0.05) is 13.1 Å². The lowest BCUT2D eigenvalue weighted by Crippen LogP contribution is -2.15. The van der Waals surface area contributed by atoms with Crippen LogP contribution in [0, 0.1) is 13.8 Å². The molecule has 3 rings (SSSR count). The van der Waals surface area contributed by atoms with E-state index in [9.17, 15) is 4.79 Å². The summed E-state index contributed by atoms with van der Waals surface area (Å²) in [5, 5.41) is 6.66. The average Bonchev–Trinajstić information content (AvgIpc) is 2.96. The highest BCUT2D eigenvalue weighted by molar-refractivity contribution is 6.02. The highest BCUT2D eigenvalue weighted by Gasteiger charge is 2.17. The van der Waals surface area contributed by atoms with Crippen molar-refractivity contribution in [3.63, 3.8) is 0 Å². The molecule has 19 heavy (non-hydrogen) atoms. The zero-order valence-corrected chi connectivity index (χ0v) is 10.3. The number of anilines is 1. The summed E-state index contributed by atoms with van der Waals surface area (Å²) >= 11 is 0. The lowest BCUT2D eigenvalue weighted by molar-refractivity contribution is 0.0994. The second-order valence-corrected chi connectivity index (χ2v) is 3.90. The largest absolute Gasteiger partial charge is 0.436 e. The van der Waals surface area contributed by atoms with E-state index < -0.39 is 0 Å². The van der Waals surface area contributed by atoms with Crippen LogP contribution in [-0.2, 0) is 0 Å². The lowest BCUT2D eigenvalue weighted by Gasteiger charge is -2.04. The van der Waals surface area contributed by atoms with Crippen LogP contribution in [-0.4, -0.2) is 30.5 Å². The number of aromatic nitrogens is 5. The first-order valence-electron chi connectivity index (χ1n) is 5.55. The van der Waals surface area contributed by atoms with Gasteiger partial charge >= 0.3 is 0 Å². The summed E-state index contributed by atoms with van der Waals surface area (Å²) in [6, 6.07) is 1.62. The Hall–Kier alpha value is -2.77. The number of hydrogen-bond acceptors (Lipinski definition) is 6. The molecule has 0 bridgehead atoms. The summed E-state index contributed by atoms with van der Waals surface area (Å²) in [4.78, 5) is 24.1. The Labute approximate surface area is 107 Å². The fraction of sp³-hybridized carbons (Fsp3) is 0.182. The number of aryl methyl sites for hydroxylation is 2. The maximum atomic E-state index is 12.1. The number of nitrogens with zero attached hydrogens (tertiary/aromatic N) is 5. The van der Waals surface area contributed by atoms with Crippen LogP contribution < -0.4 is 5.32 Å². The topological polar surface area (TPSA) is 98.2 Å². The van der Waals surface area contributed by atoms with Gasteiger partial charge in [0.2, 0.25) is 5.76 Å². The van der Waals surface area contributed by atoms with E-state index in [1.165, 1.54) is 17.0 Å². The predicted octanol–water partition coefficient (Wildman–Crippen LogP) is 0.981. The highest BCUT2D eigenvalue weighted by Crippen LogP contribution is 2.13. The normalized spacial score (nSPS) is 10.8. The van der Waals surface area contributed by atoms with Gasteiger partial charge in [0.15, 0.2) is 5.89 Å². The molecule has 0 saturated carbocycles. The van der Waals surface area contributed by atoms with Crippen LogP contribution in [0.1, 0.15) is 22.1 Å². The highest BCUT2D eigenvalue weighted by atomic mass is 16.4. The zero-order valence-electron chi connectivity index (χ0n) is 10.3. The Morgan fingerprint density at radius 1 is 1.37 bits per heavy atom. The second-order valence-electron chi connectivity index (χ2n) is 3.90. The van der Waals surface area contributed by atoms with Gasteiger partial charge in [-0.2, -0.15) is 14.6 Å². The molecule has 0 saturated heterocycles. The smallest absolute Gasteiger partial charge is 0.294 e. The Morgan fingerprint density at radius 2 is 2.21 bits per heavy atom. The van der Waals surface area contributed by atoms with E-state index in [0.29, 0.717) is 23.2 Å². The van der Waals surface area contributed by atoms with Crippen LogP contribution >= 0.6 is 0 Å². The Morgan fingerprint density at radius 3 is 2.95 bits per heavy atom. The Kier molecular flexibility index (Phi) is 2.48. The Balaban J connectivity index is 1.95. The molecule has 8 heteroatoms. The van der Waals surface area contributed by atoms with Crippen molar-refractivity contribution >= 4 is 17.5 Å². The molecule has 0 aliphatic heterocycles. The molecule has 1 N–H and O–H groups in total. The number of amides is 1. The van der Waals surface area contributed by atoms with Crippen molar-refractivity contribution in [2.45, 2.75) is 13.8 Å². The van der Waals surface area contributed by atoms with Crippen molar-refractivity contribution in [2.24, 2.45) is 0 Å². The van der Waals surface area contributed by atoms with Gasteiger partial charge in [-0.15, -0.1) is 0 Å². The molecule has 0 spiro atoms. The van der Waals surface area contributed by atoms with Gasteiger partial charge in [0.1, 0.15) is 12.1 Å². The third-order valence-electron chi connectivity index (χ3n) is 2.53. The van der Waals surface area contributed by atoms with Crippen molar-refractivity contribution in [3.05, 3.63) is 35.9 Å². The van der Waals surface area contributed by atoms with Gasteiger partial charge in [0.25, 0.3) is 11.7 Å². The lowest BCUT2D eigenvalue weighted by atomic mass is 10.3. The second kappa shape index (κ2) is 4.16. The molecule has 3 aromatic heterocycles. The number of oxazole rings is 1. The molecule has 3 aromatic rings. The molecular formula is C11H10N6O2. The van der Waals surface area contributed by atoms with Crippen LogP contribution in [0.3, 0.4) is 0 Å². The summed E-state index contributed by atoms with van der Waals surface area (Å²) < 4.78 is 6.68. The van der Waals surface area contributed by atoms with Crippen molar-refractivity contribution in [1.29, 1.82) is 0 Å². The number of nitrogens with one attached hydrogen (secondary N) is 1. The maximum Gasteiger partial charge on any atom is 0.294 e. The number of carbonyl (C=O) groups excluding carboxylic acids is 1. The molecule has 3 heterocycles. The van der Waals surface area contributed by atoms with E-state index in [-0.39, 0.29) is 11.7 Å². The van der Waals surface area contributed by atoms with E-state index in [0.717, 1.165) is 0 Å². The molecule has 0 aliphatic rings. The number of carbonyl (C=O) groups is 1. The van der Waals surface area contributed by atoms with Crippen LogP contribution in [0.15, 0.2) is 23.0 Å². The van der Waals surface area contributed by atoms with Gasteiger partial charge in [-0.1, -0.05) is 0 Å². The Bertz CT molecular complexity index is 759. The molecule has 8 nitrogen and oxygen atoms in total. The molecule has 0 fully saturated rings. The standard InChI is InChI=1S/C11H10N6O2/c1-6-9(19-7(2)15-6)10(18)16-8-3-4-12-11-13-5-14-17(8)11/h3-5H,1-2H3,(H,16,18). The molecule has 0 aliphatic carbocycles. The van der Waals surface area contributed by atoms with Crippen LogP contribution in [0.5, 0.6) is 0 Å². The van der Waals surface area contributed by atoms with Crippen LogP contribution in [0.4, 0.5) is 5.82 Å². The van der Waals surface area contributed by atoms with Crippen LogP contribution in [0.2, 0.25) is 0 Å². The first-order chi connectivity index (χ1) is 9.15. The number of hydrogen-bond donors (Lipinski definition) is 1. The van der Waals surface area contributed by atoms with E-state index in [1.807, 2.05) is 0 Å². The van der Waals surface area contributed by atoms with Gasteiger partial charge < -0.3 is 9.73 Å². The summed E-state index contributed by atoms with van der Waals surface area (Å²) in [5.74, 6) is 1.11. The fourth-order valence-electron chi connectivity index (χ4n) is 1.75. The van der Waals surface area contributed by atoms with Crippen molar-refractivity contribution in [3.8, 4) is 0 Å². The van der Waals surface area contributed by atoms with Gasteiger partial charge in [0.05, 0.1) is 5.69 Å². The van der Waals surface area contributed by atoms with Gasteiger partial charge in [-0.05, 0) is 13.0 Å². The molecule has 0 atom stereocenters. The third kappa shape index (κ3) is 1.92. The summed E-state index contributed by atoms with van der Waals surface area (Å²) in [6.07, 6.45) is 2.90. The summed E-state index contributed by atoms with van der Waals surface area (Å²) in [7, 11) is 0. The van der Waals surface area contributed by atoms with Crippen molar-refractivity contribution in [2.75, 3.05) is 5.32 Å². The van der Waals surface area contributed by atoms with Gasteiger partial charge in [-0.3, -0.25) is 4.79 Å². The molecule has 0 aromatic carbocycles. The zero-order chi connectivity index (χ0) is 13.4. The van der Waals surface area contributed by atoms with Crippen molar-refractivity contribution < 1.29 is 9.21 Å². The average molecular weight is 258 g/mol. The number of rotatable bonds is 2. The molecule has 96 valence electrons. The third-order valence-corrected chi connectivity index (χ3v) is 2.53. The first kappa shape index (κ1) is 11.3. The minimum atomic E-state index is -0.388. The minimum Gasteiger partial charge on any atom is -0.436 e. The first-order valence-corrected chi connectivity index (χ1v) is 5.55. The quantitative estimate of drug-likeness (QED) is 0.735.